The van der Waals surface area contributed by atoms with Gasteiger partial charge in [-0.1, -0.05) is 16.3 Å². The summed E-state index contributed by atoms with van der Waals surface area (Å²) >= 11 is 5.97. The van der Waals surface area contributed by atoms with Gasteiger partial charge in [-0.3, -0.25) is 4.98 Å². The van der Waals surface area contributed by atoms with Crippen molar-refractivity contribution in [2.24, 2.45) is 0 Å². The first-order valence-corrected chi connectivity index (χ1v) is 5.91. The van der Waals surface area contributed by atoms with Crippen molar-refractivity contribution in [3.8, 4) is 11.8 Å². The van der Waals surface area contributed by atoms with Crippen molar-refractivity contribution in [2.45, 2.75) is 0 Å². The first kappa shape index (κ1) is 12.5. The highest BCUT2D eigenvalue weighted by molar-refractivity contribution is 6.32. The van der Waals surface area contributed by atoms with E-state index in [1.165, 1.54) is 17.1 Å². The molecule has 0 fully saturated rings. The van der Waals surface area contributed by atoms with Crippen LogP contribution in [0.25, 0.3) is 16.6 Å². The van der Waals surface area contributed by atoms with Crippen molar-refractivity contribution in [2.75, 3.05) is 0 Å². The Balaban J connectivity index is 2.32. The molecule has 1 N–H and O–H groups in total. The maximum Gasteiger partial charge on any atom is 0.271 e. The molecule has 0 spiro atoms. The van der Waals surface area contributed by atoms with E-state index in [-0.39, 0.29) is 21.8 Å². The van der Waals surface area contributed by atoms with E-state index in [1.54, 1.807) is 0 Å². The number of rotatable bonds is 1. The first-order chi connectivity index (χ1) is 9.60. The number of fused-ring (bicyclic) bond motifs is 1. The van der Waals surface area contributed by atoms with Gasteiger partial charge in [0.25, 0.3) is 5.69 Å². The Morgan fingerprint density at radius 3 is 2.80 bits per heavy atom. The molecule has 3 aromatic rings. The van der Waals surface area contributed by atoms with E-state index < -0.39 is 11.6 Å². The van der Waals surface area contributed by atoms with E-state index >= 15 is 0 Å². The van der Waals surface area contributed by atoms with Crippen LogP contribution >= 0.6 is 11.6 Å². The standard InChI is InChI=1S/C13H5ClF2N4/c14-10-2-9(15)1-7(3-17)13(10)20-6-8-4-18-5-11(16)12(8)19-20/h1-2,4-6H/p+1. The highest BCUT2D eigenvalue weighted by Crippen LogP contribution is 2.22. The minimum atomic E-state index is -0.611. The third kappa shape index (κ3) is 1.89. The summed E-state index contributed by atoms with van der Waals surface area (Å²) in [5, 5.41) is 12.4. The van der Waals surface area contributed by atoms with Gasteiger partial charge in [-0.05, 0) is 12.1 Å². The van der Waals surface area contributed by atoms with Crippen LogP contribution in [0.3, 0.4) is 0 Å². The lowest BCUT2D eigenvalue weighted by molar-refractivity contribution is -0.653. The van der Waals surface area contributed by atoms with Crippen molar-refractivity contribution in [1.82, 2.24) is 10.1 Å². The molecule has 2 aromatic heterocycles. The summed E-state index contributed by atoms with van der Waals surface area (Å²) in [7, 11) is 0. The van der Waals surface area contributed by atoms with Crippen LogP contribution in [0.4, 0.5) is 8.78 Å². The zero-order valence-corrected chi connectivity index (χ0v) is 10.6. The number of aromatic amines is 1. The van der Waals surface area contributed by atoms with Crippen LogP contribution in [0.2, 0.25) is 5.02 Å². The number of nitrogens with zero attached hydrogens (tertiary/aromatic N) is 3. The number of aromatic nitrogens is 3. The second-order valence-corrected chi connectivity index (χ2v) is 4.50. The lowest BCUT2D eigenvalue weighted by Gasteiger charge is -1.98. The van der Waals surface area contributed by atoms with Crippen LogP contribution in [0.5, 0.6) is 0 Å². The lowest BCUT2D eigenvalue weighted by Crippen LogP contribution is -2.33. The number of halogens is 3. The molecule has 0 saturated carbocycles. The van der Waals surface area contributed by atoms with Crippen molar-refractivity contribution in [1.29, 1.82) is 5.26 Å². The summed E-state index contributed by atoms with van der Waals surface area (Å²) in [5.74, 6) is -1.14. The molecule has 20 heavy (non-hydrogen) atoms. The van der Waals surface area contributed by atoms with Crippen LogP contribution in [-0.4, -0.2) is 10.1 Å². The molecule has 98 valence electrons. The van der Waals surface area contributed by atoms with Gasteiger partial charge in [0.05, 0.1) is 11.6 Å². The topological polar surface area (TPSA) is 56.4 Å². The van der Waals surface area contributed by atoms with Crippen LogP contribution in [0, 0.1) is 23.0 Å². The van der Waals surface area contributed by atoms with Gasteiger partial charge >= 0.3 is 0 Å². The van der Waals surface area contributed by atoms with Gasteiger partial charge in [-0.2, -0.15) is 10.4 Å². The minimum Gasteiger partial charge on any atom is -0.261 e. The fourth-order valence-corrected chi connectivity index (χ4v) is 2.27. The molecule has 3 rings (SSSR count). The molecule has 0 aliphatic carbocycles. The number of hydrogen-bond acceptors (Lipinski definition) is 2. The van der Waals surface area contributed by atoms with Gasteiger partial charge < -0.3 is 0 Å². The molecule has 4 nitrogen and oxygen atoms in total. The first-order valence-electron chi connectivity index (χ1n) is 5.53. The molecule has 0 radical (unpaired) electrons. The molecule has 0 unspecified atom stereocenters. The van der Waals surface area contributed by atoms with E-state index in [9.17, 15) is 8.78 Å². The summed E-state index contributed by atoms with van der Waals surface area (Å²) in [5.41, 5.74) is 0.523. The van der Waals surface area contributed by atoms with Gasteiger partial charge in [-0.25, -0.2) is 8.78 Å². The molecule has 0 saturated heterocycles. The Hall–Kier alpha value is -2.52. The van der Waals surface area contributed by atoms with Crippen LogP contribution in [0.15, 0.2) is 30.7 Å². The normalized spacial score (nSPS) is 10.7. The van der Waals surface area contributed by atoms with Crippen LogP contribution in [-0.2, 0) is 0 Å². The summed E-state index contributed by atoms with van der Waals surface area (Å²) in [6, 6.07) is 4.01. The number of H-pyrrole nitrogens is 1. The fourth-order valence-electron chi connectivity index (χ4n) is 1.97. The van der Waals surface area contributed by atoms with Crippen LogP contribution in [0.1, 0.15) is 5.56 Å². The van der Waals surface area contributed by atoms with Crippen molar-refractivity contribution < 1.29 is 13.5 Å². The zero-order chi connectivity index (χ0) is 14.3. The molecular formula is C13H6ClF2N4+. The number of benzene rings is 1. The second kappa shape index (κ2) is 4.54. The average Bonchev–Trinajstić information content (AvgIpc) is 2.82. The number of nitrogens with one attached hydrogen (secondary N) is 1. The fraction of sp³-hybridized carbons (Fsp3) is 0. The van der Waals surface area contributed by atoms with Crippen molar-refractivity contribution in [3.05, 3.63) is 52.9 Å². The summed E-state index contributed by atoms with van der Waals surface area (Å²) < 4.78 is 28.2. The van der Waals surface area contributed by atoms with Crippen LogP contribution < -0.4 is 4.68 Å². The van der Waals surface area contributed by atoms with Crippen molar-refractivity contribution in [3.63, 3.8) is 0 Å². The Morgan fingerprint density at radius 1 is 1.30 bits per heavy atom. The molecule has 0 atom stereocenters. The predicted molar refractivity (Wildman–Crippen MR) is 67.3 cm³/mol. The molecule has 1 aromatic carbocycles. The summed E-state index contributed by atoms with van der Waals surface area (Å²) in [6.45, 7) is 0. The van der Waals surface area contributed by atoms with E-state index in [1.807, 2.05) is 6.07 Å². The second-order valence-electron chi connectivity index (χ2n) is 4.09. The minimum absolute atomic E-state index is 0.0416. The maximum absolute atomic E-state index is 13.6. The highest BCUT2D eigenvalue weighted by atomic mass is 35.5. The predicted octanol–water partition coefficient (Wildman–Crippen LogP) is 2.64. The molecule has 2 heterocycles. The van der Waals surface area contributed by atoms with Gasteiger partial charge in [0.1, 0.15) is 28.0 Å². The summed E-state index contributed by atoms with van der Waals surface area (Å²) in [6.07, 6.45) is 4.07. The average molecular weight is 292 g/mol. The number of nitriles is 1. The highest BCUT2D eigenvalue weighted by Gasteiger charge is 2.22. The third-order valence-electron chi connectivity index (χ3n) is 2.82. The van der Waals surface area contributed by atoms with E-state index in [0.717, 1.165) is 18.3 Å². The third-order valence-corrected chi connectivity index (χ3v) is 3.11. The smallest absolute Gasteiger partial charge is 0.261 e. The van der Waals surface area contributed by atoms with Gasteiger partial charge in [0.2, 0.25) is 6.20 Å². The number of pyridine rings is 1. The Kier molecular flexibility index (Phi) is 2.84. The Bertz CT molecular complexity index is 867. The number of hydrogen-bond donors (Lipinski definition) is 1. The summed E-state index contributed by atoms with van der Waals surface area (Å²) in [4.78, 5) is 3.73. The quantitative estimate of drug-likeness (QED) is 0.701. The molecule has 0 aliphatic rings. The van der Waals surface area contributed by atoms with Gasteiger partial charge in [-0.15, -0.1) is 0 Å². The van der Waals surface area contributed by atoms with Crippen molar-refractivity contribution >= 4 is 22.5 Å². The van der Waals surface area contributed by atoms with E-state index in [4.69, 9.17) is 16.9 Å². The Labute approximate surface area is 116 Å². The molecule has 0 amide bonds. The zero-order valence-electron chi connectivity index (χ0n) is 9.86. The lowest BCUT2D eigenvalue weighted by atomic mass is 10.2. The molecule has 0 bridgehead atoms. The largest absolute Gasteiger partial charge is 0.271 e. The van der Waals surface area contributed by atoms with Gasteiger partial charge in [0, 0.05) is 6.20 Å². The molecular weight excluding hydrogens is 286 g/mol. The maximum atomic E-state index is 13.6. The van der Waals surface area contributed by atoms with E-state index in [2.05, 4.69) is 10.1 Å². The molecule has 0 aliphatic heterocycles. The SMILES string of the molecule is N#Cc1cc(F)cc(Cl)c1-[n+]1cc2cncc(F)c2[nH]1. The monoisotopic (exact) mass is 291 g/mol. The van der Waals surface area contributed by atoms with E-state index in [0.29, 0.717) is 5.39 Å². The molecule has 7 heteroatoms. The van der Waals surface area contributed by atoms with Gasteiger partial charge in [0.15, 0.2) is 5.82 Å². The Morgan fingerprint density at radius 2 is 2.10 bits per heavy atom.